The predicted octanol–water partition coefficient (Wildman–Crippen LogP) is 3.37. The zero-order chi connectivity index (χ0) is 16.9. The van der Waals surface area contributed by atoms with E-state index < -0.39 is 0 Å². The number of hydrogen-bond acceptors (Lipinski definition) is 4. The fourth-order valence-corrected chi connectivity index (χ4v) is 3.40. The van der Waals surface area contributed by atoms with Gasteiger partial charge in [-0.25, -0.2) is 4.98 Å². The molecule has 0 unspecified atom stereocenters. The van der Waals surface area contributed by atoms with E-state index in [-0.39, 0.29) is 5.91 Å². The summed E-state index contributed by atoms with van der Waals surface area (Å²) in [7, 11) is 1.65. The minimum atomic E-state index is -0.102. The molecule has 0 radical (unpaired) electrons. The standard InChI is InChI=1S/C17H18ClN3O2S/c1-23-8-7-21-14-3-2-13(18)10-12(14)11-15(21)17(22)20-5-4-16-19-6-9-24-16/h2-3,6,9-11H,4-5,7-8H2,1H3,(H,20,22). The molecule has 0 aliphatic rings. The van der Waals surface area contributed by atoms with Crippen LogP contribution in [-0.4, -0.2) is 35.7 Å². The van der Waals surface area contributed by atoms with Gasteiger partial charge in [-0.2, -0.15) is 0 Å². The molecule has 1 aromatic carbocycles. The van der Waals surface area contributed by atoms with Crippen LogP contribution in [0.4, 0.5) is 0 Å². The van der Waals surface area contributed by atoms with Crippen LogP contribution < -0.4 is 5.32 Å². The summed E-state index contributed by atoms with van der Waals surface area (Å²) in [6, 6.07) is 7.50. The Morgan fingerprint density at radius 2 is 2.29 bits per heavy atom. The van der Waals surface area contributed by atoms with E-state index in [1.165, 1.54) is 0 Å². The third-order valence-corrected chi connectivity index (χ3v) is 4.80. The van der Waals surface area contributed by atoms with Gasteiger partial charge < -0.3 is 14.6 Å². The number of hydrogen-bond donors (Lipinski definition) is 1. The second-order valence-electron chi connectivity index (χ2n) is 5.31. The summed E-state index contributed by atoms with van der Waals surface area (Å²) >= 11 is 7.66. The molecule has 2 heterocycles. The van der Waals surface area contributed by atoms with E-state index in [1.807, 2.05) is 34.2 Å². The summed E-state index contributed by atoms with van der Waals surface area (Å²) in [5, 5.41) is 7.52. The van der Waals surface area contributed by atoms with Crippen molar-refractivity contribution in [3.05, 3.63) is 51.6 Å². The van der Waals surface area contributed by atoms with Crippen LogP contribution in [0.5, 0.6) is 0 Å². The van der Waals surface area contributed by atoms with Gasteiger partial charge in [0.15, 0.2) is 0 Å². The lowest BCUT2D eigenvalue weighted by Crippen LogP contribution is -2.28. The van der Waals surface area contributed by atoms with Crippen LogP contribution in [0.25, 0.3) is 10.9 Å². The van der Waals surface area contributed by atoms with Gasteiger partial charge in [0.25, 0.3) is 5.91 Å². The number of fused-ring (bicyclic) bond motifs is 1. The smallest absolute Gasteiger partial charge is 0.267 e. The molecule has 0 atom stereocenters. The number of nitrogens with one attached hydrogen (secondary N) is 1. The zero-order valence-electron chi connectivity index (χ0n) is 13.3. The summed E-state index contributed by atoms with van der Waals surface area (Å²) in [6.07, 6.45) is 2.50. The minimum absolute atomic E-state index is 0.102. The molecular weight excluding hydrogens is 346 g/mol. The maximum atomic E-state index is 12.6. The molecule has 0 aliphatic heterocycles. The predicted molar refractivity (Wildman–Crippen MR) is 97.0 cm³/mol. The average Bonchev–Trinajstić information content (AvgIpc) is 3.20. The molecule has 1 N–H and O–H groups in total. The molecular formula is C17H18ClN3O2S. The molecule has 3 rings (SSSR count). The first-order valence-corrected chi connectivity index (χ1v) is 8.89. The number of methoxy groups -OCH3 is 1. The highest BCUT2D eigenvalue weighted by molar-refractivity contribution is 7.09. The number of rotatable bonds is 7. The number of thiazole rings is 1. The normalized spacial score (nSPS) is 11.1. The fourth-order valence-electron chi connectivity index (χ4n) is 2.60. The molecule has 0 saturated carbocycles. The highest BCUT2D eigenvalue weighted by Crippen LogP contribution is 2.23. The van der Waals surface area contributed by atoms with Crippen molar-refractivity contribution in [3.8, 4) is 0 Å². The number of amides is 1. The molecule has 0 saturated heterocycles. The molecule has 7 heteroatoms. The van der Waals surface area contributed by atoms with Gasteiger partial charge in [0.05, 0.1) is 11.6 Å². The molecule has 0 fully saturated rings. The Balaban J connectivity index is 1.79. The Morgan fingerprint density at radius 1 is 1.42 bits per heavy atom. The van der Waals surface area contributed by atoms with Crippen molar-refractivity contribution in [2.45, 2.75) is 13.0 Å². The molecule has 0 spiro atoms. The van der Waals surface area contributed by atoms with E-state index >= 15 is 0 Å². The Bertz CT molecular complexity index is 830. The fraction of sp³-hybridized carbons (Fsp3) is 0.294. The van der Waals surface area contributed by atoms with Gasteiger partial charge in [-0.05, 0) is 24.3 Å². The van der Waals surface area contributed by atoms with Gasteiger partial charge in [0.2, 0.25) is 0 Å². The van der Waals surface area contributed by atoms with Crippen molar-refractivity contribution in [1.82, 2.24) is 14.9 Å². The molecule has 2 aromatic heterocycles. The summed E-state index contributed by atoms with van der Waals surface area (Å²) in [4.78, 5) is 16.8. The molecule has 0 aliphatic carbocycles. The largest absolute Gasteiger partial charge is 0.383 e. The Hall–Kier alpha value is -1.89. The van der Waals surface area contributed by atoms with Crippen LogP contribution in [0.3, 0.4) is 0 Å². The number of carbonyl (C=O) groups is 1. The molecule has 5 nitrogen and oxygen atoms in total. The molecule has 24 heavy (non-hydrogen) atoms. The molecule has 1 amide bonds. The van der Waals surface area contributed by atoms with E-state index in [1.54, 1.807) is 24.6 Å². The van der Waals surface area contributed by atoms with Gasteiger partial charge in [-0.1, -0.05) is 11.6 Å². The number of carbonyl (C=O) groups excluding carboxylic acids is 1. The summed E-state index contributed by atoms with van der Waals surface area (Å²) in [5.74, 6) is -0.102. The number of halogens is 1. The third-order valence-electron chi connectivity index (χ3n) is 3.72. The number of ether oxygens (including phenoxy) is 1. The van der Waals surface area contributed by atoms with Crippen LogP contribution in [0.1, 0.15) is 15.5 Å². The summed E-state index contributed by atoms with van der Waals surface area (Å²) in [6.45, 7) is 1.70. The zero-order valence-corrected chi connectivity index (χ0v) is 14.9. The van der Waals surface area contributed by atoms with Crippen molar-refractivity contribution in [1.29, 1.82) is 0 Å². The monoisotopic (exact) mass is 363 g/mol. The second-order valence-corrected chi connectivity index (χ2v) is 6.72. The number of aromatic nitrogens is 2. The molecule has 3 aromatic rings. The summed E-state index contributed by atoms with van der Waals surface area (Å²) < 4.78 is 7.13. The van der Waals surface area contributed by atoms with Gasteiger partial charge in [0.1, 0.15) is 5.69 Å². The lowest BCUT2D eigenvalue weighted by atomic mass is 10.2. The summed E-state index contributed by atoms with van der Waals surface area (Å²) in [5.41, 5.74) is 1.59. The first kappa shape index (κ1) is 17.0. The van der Waals surface area contributed by atoms with Crippen molar-refractivity contribution in [3.63, 3.8) is 0 Å². The Labute approximate surface area is 149 Å². The molecule has 0 bridgehead atoms. The van der Waals surface area contributed by atoms with E-state index in [9.17, 15) is 4.79 Å². The highest BCUT2D eigenvalue weighted by Gasteiger charge is 2.15. The lowest BCUT2D eigenvalue weighted by molar-refractivity contribution is 0.0942. The topological polar surface area (TPSA) is 56.1 Å². The van der Waals surface area contributed by atoms with Crippen LogP contribution in [-0.2, 0) is 17.7 Å². The molecule has 126 valence electrons. The lowest BCUT2D eigenvalue weighted by Gasteiger charge is -2.10. The minimum Gasteiger partial charge on any atom is -0.383 e. The van der Waals surface area contributed by atoms with E-state index in [0.717, 1.165) is 22.3 Å². The van der Waals surface area contributed by atoms with Crippen molar-refractivity contribution in [2.24, 2.45) is 0 Å². The van der Waals surface area contributed by atoms with Crippen molar-refractivity contribution in [2.75, 3.05) is 20.3 Å². The maximum absolute atomic E-state index is 12.6. The van der Waals surface area contributed by atoms with Gasteiger partial charge in [-0.3, -0.25) is 4.79 Å². The SMILES string of the molecule is COCCn1c(C(=O)NCCc2nccs2)cc2cc(Cl)ccc21. The van der Waals surface area contributed by atoms with E-state index in [4.69, 9.17) is 16.3 Å². The maximum Gasteiger partial charge on any atom is 0.267 e. The van der Waals surface area contributed by atoms with Crippen molar-refractivity contribution < 1.29 is 9.53 Å². The van der Waals surface area contributed by atoms with Gasteiger partial charge in [0, 0.05) is 54.1 Å². The highest BCUT2D eigenvalue weighted by atomic mass is 35.5. The second kappa shape index (κ2) is 7.79. The number of nitrogens with zero attached hydrogens (tertiary/aromatic N) is 2. The van der Waals surface area contributed by atoms with Crippen LogP contribution >= 0.6 is 22.9 Å². The van der Waals surface area contributed by atoms with Crippen LogP contribution in [0.15, 0.2) is 35.8 Å². The Kier molecular flexibility index (Phi) is 5.50. The van der Waals surface area contributed by atoms with Gasteiger partial charge in [-0.15, -0.1) is 11.3 Å². The van der Waals surface area contributed by atoms with Crippen LogP contribution in [0.2, 0.25) is 5.02 Å². The first-order chi connectivity index (χ1) is 11.7. The van der Waals surface area contributed by atoms with Crippen molar-refractivity contribution >= 4 is 39.7 Å². The average molecular weight is 364 g/mol. The van der Waals surface area contributed by atoms with E-state index in [2.05, 4.69) is 10.3 Å². The third kappa shape index (κ3) is 3.77. The number of benzene rings is 1. The Morgan fingerprint density at radius 3 is 3.04 bits per heavy atom. The van der Waals surface area contributed by atoms with Gasteiger partial charge >= 0.3 is 0 Å². The first-order valence-electron chi connectivity index (χ1n) is 7.63. The quantitative estimate of drug-likeness (QED) is 0.700. The van der Waals surface area contributed by atoms with E-state index in [0.29, 0.717) is 30.4 Å². The van der Waals surface area contributed by atoms with Crippen LogP contribution in [0, 0.1) is 0 Å².